The fourth-order valence-electron chi connectivity index (χ4n) is 2.03. The Morgan fingerprint density at radius 2 is 1.94 bits per heavy atom. The molecule has 0 N–H and O–H groups in total. The lowest BCUT2D eigenvalue weighted by Gasteiger charge is -2.24. The zero-order valence-corrected chi connectivity index (χ0v) is 9.89. The van der Waals surface area contributed by atoms with E-state index in [1.165, 1.54) is 24.1 Å². The Morgan fingerprint density at radius 3 is 2.56 bits per heavy atom. The Labute approximate surface area is 98.1 Å². The molecule has 0 saturated carbocycles. The standard InChI is InChI=1S/C15H19N/c1-2-16(15-11-7-4-8-12-15)13-14-9-5-3-6-10-14/h4-5,7-12H,2-3,6,13H2,1H3. The number of allylic oxidation sites excluding steroid dienone is 2. The summed E-state index contributed by atoms with van der Waals surface area (Å²) in [6.07, 6.45) is 9.27. The molecule has 0 amide bonds. The van der Waals surface area contributed by atoms with Crippen molar-refractivity contribution in [3.8, 4) is 0 Å². The lowest BCUT2D eigenvalue weighted by molar-refractivity contribution is 0.874. The van der Waals surface area contributed by atoms with E-state index in [-0.39, 0.29) is 0 Å². The highest BCUT2D eigenvalue weighted by molar-refractivity contribution is 5.48. The zero-order chi connectivity index (χ0) is 11.2. The first-order valence-electron chi connectivity index (χ1n) is 6.05. The minimum atomic E-state index is 1.02. The van der Waals surface area contributed by atoms with Gasteiger partial charge in [0.25, 0.3) is 0 Å². The molecule has 0 aromatic heterocycles. The molecule has 1 nitrogen and oxygen atoms in total. The first kappa shape index (κ1) is 11.0. The number of hydrogen-bond acceptors (Lipinski definition) is 1. The predicted molar refractivity (Wildman–Crippen MR) is 70.8 cm³/mol. The van der Waals surface area contributed by atoms with Crippen molar-refractivity contribution in [1.82, 2.24) is 0 Å². The summed E-state index contributed by atoms with van der Waals surface area (Å²) in [4.78, 5) is 2.40. The Hall–Kier alpha value is -1.50. The van der Waals surface area contributed by atoms with Crippen molar-refractivity contribution >= 4 is 5.69 Å². The van der Waals surface area contributed by atoms with Crippen molar-refractivity contribution in [1.29, 1.82) is 0 Å². The number of likely N-dealkylation sites (N-methyl/N-ethyl adjacent to an activating group) is 1. The van der Waals surface area contributed by atoms with E-state index in [0.29, 0.717) is 0 Å². The monoisotopic (exact) mass is 213 g/mol. The highest BCUT2D eigenvalue weighted by atomic mass is 15.1. The third kappa shape index (κ3) is 2.75. The topological polar surface area (TPSA) is 3.24 Å². The summed E-state index contributed by atoms with van der Waals surface area (Å²) in [6.45, 7) is 4.28. The van der Waals surface area contributed by atoms with Gasteiger partial charge in [-0.15, -0.1) is 0 Å². The molecule has 1 aliphatic carbocycles. The van der Waals surface area contributed by atoms with Gasteiger partial charge in [-0.2, -0.15) is 0 Å². The van der Waals surface area contributed by atoms with Crippen molar-refractivity contribution < 1.29 is 0 Å². The maximum absolute atomic E-state index is 2.40. The van der Waals surface area contributed by atoms with Crippen LogP contribution in [0.5, 0.6) is 0 Å². The summed E-state index contributed by atoms with van der Waals surface area (Å²) in [5.41, 5.74) is 2.75. The summed E-state index contributed by atoms with van der Waals surface area (Å²) in [5, 5.41) is 0. The van der Waals surface area contributed by atoms with Gasteiger partial charge >= 0.3 is 0 Å². The molecule has 0 radical (unpaired) electrons. The Bertz CT molecular complexity index is 376. The van der Waals surface area contributed by atoms with E-state index in [9.17, 15) is 0 Å². The van der Waals surface area contributed by atoms with Crippen LogP contribution in [0.25, 0.3) is 0 Å². The second-order valence-electron chi connectivity index (χ2n) is 4.11. The van der Waals surface area contributed by atoms with E-state index in [2.05, 4.69) is 60.4 Å². The molecule has 1 aliphatic rings. The first-order valence-corrected chi connectivity index (χ1v) is 6.05. The van der Waals surface area contributed by atoms with Crippen LogP contribution in [0.1, 0.15) is 19.8 Å². The smallest absolute Gasteiger partial charge is 0.0426 e. The molecular weight excluding hydrogens is 194 g/mol. The van der Waals surface area contributed by atoms with E-state index < -0.39 is 0 Å². The van der Waals surface area contributed by atoms with Crippen LogP contribution in [0, 0.1) is 0 Å². The van der Waals surface area contributed by atoms with E-state index in [4.69, 9.17) is 0 Å². The summed E-state index contributed by atoms with van der Waals surface area (Å²) in [5.74, 6) is 0. The lowest BCUT2D eigenvalue weighted by Crippen LogP contribution is -2.25. The van der Waals surface area contributed by atoms with Crippen molar-refractivity contribution in [3.05, 3.63) is 54.1 Å². The second-order valence-corrected chi connectivity index (χ2v) is 4.11. The molecule has 0 aliphatic heterocycles. The average Bonchev–Trinajstić information content (AvgIpc) is 2.38. The van der Waals surface area contributed by atoms with Crippen LogP contribution in [0.2, 0.25) is 0 Å². The molecular formula is C15H19N. The van der Waals surface area contributed by atoms with Gasteiger partial charge in [0.1, 0.15) is 0 Å². The molecule has 2 rings (SSSR count). The average molecular weight is 213 g/mol. The lowest BCUT2D eigenvalue weighted by atomic mass is 10.1. The van der Waals surface area contributed by atoms with E-state index in [1.807, 2.05) is 0 Å². The van der Waals surface area contributed by atoms with Gasteiger partial charge in [0.2, 0.25) is 0 Å². The Morgan fingerprint density at radius 1 is 1.12 bits per heavy atom. The molecule has 0 spiro atoms. The van der Waals surface area contributed by atoms with Crippen LogP contribution in [-0.4, -0.2) is 13.1 Å². The quantitative estimate of drug-likeness (QED) is 0.735. The van der Waals surface area contributed by atoms with Crippen molar-refractivity contribution in [3.63, 3.8) is 0 Å². The maximum Gasteiger partial charge on any atom is 0.0426 e. The maximum atomic E-state index is 2.40. The van der Waals surface area contributed by atoms with Gasteiger partial charge in [0, 0.05) is 18.8 Å². The highest BCUT2D eigenvalue weighted by Gasteiger charge is 2.05. The van der Waals surface area contributed by atoms with Crippen molar-refractivity contribution in [2.24, 2.45) is 0 Å². The Kier molecular flexibility index (Phi) is 3.81. The number of rotatable bonds is 4. The van der Waals surface area contributed by atoms with Gasteiger partial charge in [0.15, 0.2) is 0 Å². The summed E-state index contributed by atoms with van der Waals surface area (Å²) in [6, 6.07) is 10.6. The third-order valence-corrected chi connectivity index (χ3v) is 2.95. The number of hydrogen-bond donors (Lipinski definition) is 0. The zero-order valence-electron chi connectivity index (χ0n) is 9.89. The van der Waals surface area contributed by atoms with Crippen molar-refractivity contribution in [2.75, 3.05) is 18.0 Å². The predicted octanol–water partition coefficient (Wildman–Crippen LogP) is 3.79. The normalized spacial score (nSPS) is 14.7. The molecule has 0 atom stereocenters. The van der Waals surface area contributed by atoms with Gasteiger partial charge in [-0.3, -0.25) is 0 Å². The van der Waals surface area contributed by atoms with Gasteiger partial charge in [-0.25, -0.2) is 0 Å². The van der Waals surface area contributed by atoms with Gasteiger partial charge in [-0.05, 0) is 37.5 Å². The van der Waals surface area contributed by atoms with Crippen LogP contribution in [0.3, 0.4) is 0 Å². The number of para-hydroxylation sites is 1. The van der Waals surface area contributed by atoms with E-state index in [1.54, 1.807) is 0 Å². The van der Waals surface area contributed by atoms with Crippen LogP contribution in [0.4, 0.5) is 5.69 Å². The summed E-state index contributed by atoms with van der Waals surface area (Å²) in [7, 11) is 0. The second kappa shape index (κ2) is 5.55. The largest absolute Gasteiger partial charge is 0.367 e. The molecule has 0 fully saturated rings. The fourth-order valence-corrected chi connectivity index (χ4v) is 2.03. The number of anilines is 1. The number of nitrogens with zero attached hydrogens (tertiary/aromatic N) is 1. The molecule has 1 aromatic carbocycles. The van der Waals surface area contributed by atoms with Crippen LogP contribution >= 0.6 is 0 Å². The SMILES string of the molecule is CCN(CC1=CCCC=C1)c1ccccc1. The first-order chi connectivity index (χ1) is 7.90. The summed E-state index contributed by atoms with van der Waals surface area (Å²) >= 11 is 0. The molecule has 16 heavy (non-hydrogen) atoms. The van der Waals surface area contributed by atoms with Gasteiger partial charge in [0.05, 0.1) is 0 Å². The molecule has 0 saturated heterocycles. The molecule has 1 aromatic rings. The molecule has 84 valence electrons. The number of benzene rings is 1. The van der Waals surface area contributed by atoms with Crippen LogP contribution < -0.4 is 4.90 Å². The van der Waals surface area contributed by atoms with Crippen LogP contribution in [0.15, 0.2) is 54.1 Å². The third-order valence-electron chi connectivity index (χ3n) is 2.95. The Balaban J connectivity index is 2.06. The van der Waals surface area contributed by atoms with E-state index in [0.717, 1.165) is 13.1 Å². The molecule has 1 heteroatoms. The van der Waals surface area contributed by atoms with Gasteiger partial charge in [-0.1, -0.05) is 36.4 Å². The molecule has 0 heterocycles. The molecule has 0 bridgehead atoms. The summed E-state index contributed by atoms with van der Waals surface area (Å²) < 4.78 is 0. The van der Waals surface area contributed by atoms with Crippen LogP contribution in [-0.2, 0) is 0 Å². The van der Waals surface area contributed by atoms with Crippen molar-refractivity contribution in [2.45, 2.75) is 19.8 Å². The van der Waals surface area contributed by atoms with E-state index >= 15 is 0 Å². The fraction of sp³-hybridized carbons (Fsp3) is 0.333. The minimum Gasteiger partial charge on any atom is -0.367 e. The highest BCUT2D eigenvalue weighted by Crippen LogP contribution is 2.17. The molecule has 0 unspecified atom stereocenters. The minimum absolute atomic E-state index is 1.02. The van der Waals surface area contributed by atoms with Gasteiger partial charge < -0.3 is 4.90 Å².